The molecular weight excluding hydrogens is 349 g/mol. The van der Waals surface area contributed by atoms with Crippen LogP contribution in [-0.4, -0.2) is 32.6 Å². The van der Waals surface area contributed by atoms with Gasteiger partial charge in [0.2, 0.25) is 5.91 Å². The van der Waals surface area contributed by atoms with E-state index >= 15 is 0 Å². The standard InChI is InChI=1S/C20H18FN3OS/c21-17-7-3-1-5-14(17)11-24(15-9-10-15)19(25)12-26-20-16-6-2-4-8-18(16)22-13-23-20/h1-8,13,15H,9-12H2. The number of hydrogen-bond donors (Lipinski definition) is 0. The molecule has 1 aliphatic rings. The van der Waals surface area contributed by atoms with Crippen LogP contribution < -0.4 is 0 Å². The van der Waals surface area contributed by atoms with E-state index in [9.17, 15) is 9.18 Å². The topological polar surface area (TPSA) is 46.1 Å². The van der Waals surface area contributed by atoms with E-state index in [0.717, 1.165) is 28.8 Å². The molecule has 0 N–H and O–H groups in total. The summed E-state index contributed by atoms with van der Waals surface area (Å²) in [7, 11) is 0. The van der Waals surface area contributed by atoms with E-state index in [1.165, 1.54) is 24.2 Å². The Hall–Kier alpha value is -2.47. The Kier molecular flexibility index (Phi) is 4.84. The lowest BCUT2D eigenvalue weighted by molar-refractivity contribution is -0.129. The van der Waals surface area contributed by atoms with E-state index in [4.69, 9.17) is 0 Å². The number of carbonyl (C=O) groups is 1. The molecule has 1 aliphatic carbocycles. The summed E-state index contributed by atoms with van der Waals surface area (Å²) < 4.78 is 14.0. The highest BCUT2D eigenvalue weighted by Crippen LogP contribution is 2.31. The fourth-order valence-corrected chi connectivity index (χ4v) is 3.80. The van der Waals surface area contributed by atoms with Crippen molar-refractivity contribution in [3.63, 3.8) is 0 Å². The number of para-hydroxylation sites is 1. The number of hydrogen-bond acceptors (Lipinski definition) is 4. The molecule has 0 aliphatic heterocycles. The summed E-state index contributed by atoms with van der Waals surface area (Å²) in [5.74, 6) is 0.0372. The third kappa shape index (κ3) is 3.70. The first-order valence-corrected chi connectivity index (χ1v) is 9.56. The zero-order chi connectivity index (χ0) is 17.9. The van der Waals surface area contributed by atoms with Crippen LogP contribution in [0, 0.1) is 5.82 Å². The van der Waals surface area contributed by atoms with Crippen LogP contribution in [0.2, 0.25) is 0 Å². The van der Waals surface area contributed by atoms with E-state index < -0.39 is 0 Å². The Morgan fingerprint density at radius 3 is 2.69 bits per heavy atom. The van der Waals surface area contributed by atoms with Crippen LogP contribution in [0.3, 0.4) is 0 Å². The Bertz CT molecular complexity index is 940. The summed E-state index contributed by atoms with van der Waals surface area (Å²) in [6, 6.07) is 14.6. The van der Waals surface area contributed by atoms with Gasteiger partial charge in [-0.25, -0.2) is 14.4 Å². The van der Waals surface area contributed by atoms with E-state index in [1.807, 2.05) is 24.3 Å². The van der Waals surface area contributed by atoms with E-state index in [1.54, 1.807) is 23.1 Å². The highest BCUT2D eigenvalue weighted by molar-refractivity contribution is 8.00. The van der Waals surface area contributed by atoms with Gasteiger partial charge in [-0.1, -0.05) is 48.2 Å². The molecule has 0 saturated heterocycles. The van der Waals surface area contributed by atoms with Crippen molar-refractivity contribution in [3.8, 4) is 0 Å². The quantitative estimate of drug-likeness (QED) is 0.487. The third-order valence-electron chi connectivity index (χ3n) is 4.45. The Balaban J connectivity index is 1.48. The molecule has 2 aromatic carbocycles. The lowest BCUT2D eigenvalue weighted by Gasteiger charge is -2.22. The summed E-state index contributed by atoms with van der Waals surface area (Å²) in [4.78, 5) is 23.2. The minimum Gasteiger partial charge on any atom is -0.335 e. The molecule has 6 heteroatoms. The van der Waals surface area contributed by atoms with Crippen molar-refractivity contribution in [3.05, 3.63) is 66.2 Å². The molecular formula is C20H18FN3OS. The zero-order valence-electron chi connectivity index (χ0n) is 14.1. The van der Waals surface area contributed by atoms with Gasteiger partial charge < -0.3 is 4.90 Å². The Morgan fingerprint density at radius 1 is 1.12 bits per heavy atom. The van der Waals surface area contributed by atoms with Crippen LogP contribution in [0.4, 0.5) is 4.39 Å². The Labute approximate surface area is 155 Å². The van der Waals surface area contributed by atoms with Crippen molar-refractivity contribution in [1.82, 2.24) is 14.9 Å². The van der Waals surface area contributed by atoms with Crippen molar-refractivity contribution < 1.29 is 9.18 Å². The number of benzene rings is 2. The predicted octanol–water partition coefficient (Wildman–Crippen LogP) is 4.05. The average molecular weight is 367 g/mol. The molecule has 1 aromatic heterocycles. The van der Waals surface area contributed by atoms with Gasteiger partial charge in [0.25, 0.3) is 0 Å². The molecule has 1 fully saturated rings. The maximum atomic E-state index is 14.0. The molecule has 4 rings (SSSR count). The second-order valence-electron chi connectivity index (χ2n) is 6.33. The van der Waals surface area contributed by atoms with Gasteiger partial charge in [-0.3, -0.25) is 4.79 Å². The van der Waals surface area contributed by atoms with Crippen molar-refractivity contribution in [2.45, 2.75) is 30.5 Å². The number of aromatic nitrogens is 2. The van der Waals surface area contributed by atoms with Gasteiger partial charge in [-0.05, 0) is 25.0 Å². The van der Waals surface area contributed by atoms with Gasteiger partial charge in [0.1, 0.15) is 17.2 Å². The SMILES string of the molecule is O=C(CSc1ncnc2ccccc12)N(Cc1ccccc1F)C1CC1. The van der Waals surface area contributed by atoms with Crippen molar-refractivity contribution in [2.75, 3.05) is 5.75 Å². The van der Waals surface area contributed by atoms with Gasteiger partial charge >= 0.3 is 0 Å². The number of carbonyl (C=O) groups excluding carboxylic acids is 1. The molecule has 132 valence electrons. The molecule has 26 heavy (non-hydrogen) atoms. The third-order valence-corrected chi connectivity index (χ3v) is 5.44. The molecule has 3 aromatic rings. The predicted molar refractivity (Wildman–Crippen MR) is 100 cm³/mol. The molecule has 4 nitrogen and oxygen atoms in total. The van der Waals surface area contributed by atoms with E-state index in [-0.39, 0.29) is 23.5 Å². The van der Waals surface area contributed by atoms with Gasteiger partial charge in [-0.2, -0.15) is 0 Å². The number of halogens is 1. The molecule has 0 radical (unpaired) electrons. The lowest BCUT2D eigenvalue weighted by atomic mass is 10.2. The molecule has 0 bridgehead atoms. The second-order valence-corrected chi connectivity index (χ2v) is 7.29. The molecule has 1 heterocycles. The van der Waals surface area contributed by atoms with Crippen LogP contribution in [0.25, 0.3) is 10.9 Å². The maximum absolute atomic E-state index is 14.0. The number of nitrogens with zero attached hydrogens (tertiary/aromatic N) is 3. The Morgan fingerprint density at radius 2 is 1.88 bits per heavy atom. The summed E-state index contributed by atoms with van der Waals surface area (Å²) in [6.45, 7) is 0.321. The highest BCUT2D eigenvalue weighted by atomic mass is 32.2. The maximum Gasteiger partial charge on any atom is 0.233 e. The first-order valence-electron chi connectivity index (χ1n) is 8.58. The zero-order valence-corrected chi connectivity index (χ0v) is 15.0. The lowest BCUT2D eigenvalue weighted by Crippen LogP contribution is -2.34. The first-order chi connectivity index (χ1) is 12.7. The van der Waals surface area contributed by atoms with Crippen LogP contribution in [0.5, 0.6) is 0 Å². The highest BCUT2D eigenvalue weighted by Gasteiger charge is 2.32. The monoisotopic (exact) mass is 367 g/mol. The first kappa shape index (κ1) is 17.0. The van der Waals surface area contributed by atoms with Crippen LogP contribution >= 0.6 is 11.8 Å². The summed E-state index contributed by atoms with van der Waals surface area (Å²) >= 11 is 1.41. The number of fused-ring (bicyclic) bond motifs is 1. The minimum absolute atomic E-state index is 0.0171. The van der Waals surface area contributed by atoms with E-state index in [0.29, 0.717) is 12.1 Å². The fourth-order valence-electron chi connectivity index (χ4n) is 2.93. The average Bonchev–Trinajstić information content (AvgIpc) is 3.50. The summed E-state index contributed by atoms with van der Waals surface area (Å²) in [5, 5.41) is 1.74. The molecule has 0 spiro atoms. The summed E-state index contributed by atoms with van der Waals surface area (Å²) in [6.07, 6.45) is 3.50. The van der Waals surface area contributed by atoms with Gasteiger partial charge in [0.15, 0.2) is 0 Å². The molecule has 1 saturated carbocycles. The van der Waals surface area contributed by atoms with Crippen LogP contribution in [0.1, 0.15) is 18.4 Å². The van der Waals surface area contributed by atoms with Gasteiger partial charge in [0.05, 0.1) is 11.3 Å². The number of amides is 1. The van der Waals surface area contributed by atoms with Crippen molar-refractivity contribution in [2.24, 2.45) is 0 Å². The molecule has 0 atom stereocenters. The normalized spacial score (nSPS) is 13.7. The molecule has 0 unspecified atom stereocenters. The minimum atomic E-state index is -0.264. The van der Waals surface area contributed by atoms with Gasteiger partial charge in [0, 0.05) is 23.5 Å². The van der Waals surface area contributed by atoms with E-state index in [2.05, 4.69) is 9.97 Å². The number of rotatable bonds is 6. The fraction of sp³-hybridized carbons (Fsp3) is 0.250. The van der Waals surface area contributed by atoms with Crippen LogP contribution in [0.15, 0.2) is 59.9 Å². The molecule has 1 amide bonds. The van der Waals surface area contributed by atoms with Gasteiger partial charge in [-0.15, -0.1) is 0 Å². The van der Waals surface area contributed by atoms with Crippen LogP contribution in [-0.2, 0) is 11.3 Å². The largest absolute Gasteiger partial charge is 0.335 e. The summed E-state index contributed by atoms with van der Waals surface area (Å²) in [5.41, 5.74) is 1.42. The number of thioether (sulfide) groups is 1. The smallest absolute Gasteiger partial charge is 0.233 e. The van der Waals surface area contributed by atoms with Crippen molar-refractivity contribution in [1.29, 1.82) is 0 Å². The second kappa shape index (κ2) is 7.41. The van der Waals surface area contributed by atoms with Crippen molar-refractivity contribution >= 4 is 28.6 Å².